The molecular formula is C15H20Cl2N2O2. The maximum Gasteiger partial charge on any atom is 0.258 e. The fourth-order valence-corrected chi connectivity index (χ4v) is 2.58. The van der Waals surface area contributed by atoms with Gasteiger partial charge in [0.05, 0.1) is 5.02 Å². The number of amides is 1. The lowest BCUT2D eigenvalue weighted by atomic mass is 10.0. The molecule has 1 saturated carbocycles. The topological polar surface area (TPSA) is 64.3 Å². The van der Waals surface area contributed by atoms with E-state index >= 15 is 0 Å². The lowest BCUT2D eigenvalue weighted by molar-refractivity contribution is -0.123. The van der Waals surface area contributed by atoms with Crippen LogP contribution < -0.4 is 15.8 Å². The number of nitrogens with two attached hydrogens (primary N) is 1. The third-order valence-electron chi connectivity index (χ3n) is 3.38. The molecule has 1 aromatic carbocycles. The average Bonchev–Trinajstić information content (AvgIpc) is 3.21. The monoisotopic (exact) mass is 330 g/mol. The fourth-order valence-electron chi connectivity index (χ4n) is 1.99. The molecule has 3 N–H and O–H groups in total. The van der Waals surface area contributed by atoms with Crippen LogP contribution in [-0.2, 0) is 11.2 Å². The van der Waals surface area contributed by atoms with Crippen molar-refractivity contribution in [2.24, 2.45) is 5.73 Å². The van der Waals surface area contributed by atoms with Crippen molar-refractivity contribution in [2.45, 2.75) is 44.7 Å². The maximum absolute atomic E-state index is 11.7. The van der Waals surface area contributed by atoms with Crippen molar-refractivity contribution in [1.82, 2.24) is 5.32 Å². The summed E-state index contributed by atoms with van der Waals surface area (Å²) in [6.45, 7) is 1.96. The Morgan fingerprint density at radius 3 is 2.81 bits per heavy atom. The molecule has 116 valence electrons. The Morgan fingerprint density at radius 1 is 1.48 bits per heavy atom. The molecule has 21 heavy (non-hydrogen) atoms. The quantitative estimate of drug-likeness (QED) is 0.807. The highest BCUT2D eigenvalue weighted by Gasteiger charge is 2.23. The summed E-state index contributed by atoms with van der Waals surface area (Å²) in [7, 11) is 0. The van der Waals surface area contributed by atoms with Crippen LogP contribution in [-0.4, -0.2) is 24.6 Å². The smallest absolute Gasteiger partial charge is 0.258 e. The number of ether oxygens (including phenoxy) is 1. The molecule has 0 heterocycles. The summed E-state index contributed by atoms with van der Waals surface area (Å²) in [6, 6.07) is 3.71. The van der Waals surface area contributed by atoms with Crippen LogP contribution in [0.1, 0.15) is 31.7 Å². The van der Waals surface area contributed by atoms with E-state index in [-0.39, 0.29) is 18.6 Å². The normalized spacial score (nSPS) is 15.6. The first-order valence-corrected chi connectivity index (χ1v) is 7.90. The predicted octanol–water partition coefficient (Wildman–Crippen LogP) is 2.93. The highest BCUT2D eigenvalue weighted by molar-refractivity contribution is 6.35. The summed E-state index contributed by atoms with van der Waals surface area (Å²) in [5, 5.41) is 3.81. The van der Waals surface area contributed by atoms with Gasteiger partial charge in [-0.15, -0.1) is 0 Å². The van der Waals surface area contributed by atoms with Crippen molar-refractivity contribution >= 4 is 29.1 Å². The number of hydrogen-bond acceptors (Lipinski definition) is 3. The Morgan fingerprint density at radius 2 is 2.19 bits per heavy atom. The van der Waals surface area contributed by atoms with Gasteiger partial charge in [0, 0.05) is 17.1 Å². The second-order valence-electron chi connectivity index (χ2n) is 5.38. The van der Waals surface area contributed by atoms with Crippen molar-refractivity contribution in [2.75, 3.05) is 6.61 Å². The molecule has 0 aromatic heterocycles. The first kappa shape index (κ1) is 16.4. The molecule has 0 saturated heterocycles. The fraction of sp³-hybridized carbons (Fsp3) is 0.533. The zero-order chi connectivity index (χ0) is 15.4. The Hall–Kier alpha value is -0.970. The molecular weight excluding hydrogens is 311 g/mol. The number of carbonyl (C=O) groups excluding carboxylic acids is 1. The average molecular weight is 331 g/mol. The van der Waals surface area contributed by atoms with E-state index in [1.807, 2.05) is 6.92 Å². The summed E-state index contributed by atoms with van der Waals surface area (Å²) in [5.41, 5.74) is 6.82. The first-order valence-electron chi connectivity index (χ1n) is 7.15. The number of benzene rings is 1. The van der Waals surface area contributed by atoms with Crippen molar-refractivity contribution in [3.8, 4) is 5.75 Å². The standard InChI is InChI=1S/C15H20Cl2N2O2/c1-2-11(18)6-9-5-10(16)7-13(17)15(9)21-8-14(20)19-12-3-4-12/h5,7,11-12H,2-4,6,8,18H2,1H3,(H,19,20). The van der Waals surface area contributed by atoms with E-state index in [2.05, 4.69) is 5.32 Å². The van der Waals surface area contributed by atoms with E-state index in [0.29, 0.717) is 28.3 Å². The van der Waals surface area contributed by atoms with Gasteiger partial charge < -0.3 is 15.8 Å². The van der Waals surface area contributed by atoms with E-state index < -0.39 is 0 Å². The number of carbonyl (C=O) groups is 1. The molecule has 1 atom stereocenters. The van der Waals surface area contributed by atoms with Gasteiger partial charge in [-0.25, -0.2) is 0 Å². The molecule has 0 spiro atoms. The van der Waals surface area contributed by atoms with Crippen molar-refractivity contribution in [3.05, 3.63) is 27.7 Å². The van der Waals surface area contributed by atoms with Gasteiger partial charge in [0.25, 0.3) is 5.91 Å². The van der Waals surface area contributed by atoms with Crippen LogP contribution in [0.3, 0.4) is 0 Å². The van der Waals surface area contributed by atoms with Gasteiger partial charge in [-0.1, -0.05) is 30.1 Å². The lowest BCUT2D eigenvalue weighted by Crippen LogP contribution is -2.30. The number of nitrogens with one attached hydrogen (secondary N) is 1. The second-order valence-corrected chi connectivity index (χ2v) is 6.22. The number of rotatable bonds is 7. The van der Waals surface area contributed by atoms with Gasteiger partial charge in [-0.05, 0) is 43.4 Å². The molecule has 1 amide bonds. The van der Waals surface area contributed by atoms with E-state index in [9.17, 15) is 4.79 Å². The molecule has 1 fully saturated rings. The largest absolute Gasteiger partial charge is 0.482 e. The van der Waals surface area contributed by atoms with E-state index in [0.717, 1.165) is 24.8 Å². The number of hydrogen-bond donors (Lipinski definition) is 2. The molecule has 1 aliphatic carbocycles. The van der Waals surface area contributed by atoms with Gasteiger partial charge in [-0.3, -0.25) is 4.79 Å². The zero-order valence-electron chi connectivity index (χ0n) is 12.0. The zero-order valence-corrected chi connectivity index (χ0v) is 13.5. The molecule has 2 rings (SSSR count). The van der Waals surface area contributed by atoms with Gasteiger partial charge in [-0.2, -0.15) is 0 Å². The van der Waals surface area contributed by atoms with Crippen LogP contribution >= 0.6 is 23.2 Å². The minimum atomic E-state index is -0.130. The van der Waals surface area contributed by atoms with Gasteiger partial charge in [0.2, 0.25) is 0 Å². The Kier molecular flexibility index (Phi) is 5.73. The lowest BCUT2D eigenvalue weighted by Gasteiger charge is -2.16. The van der Waals surface area contributed by atoms with Gasteiger partial charge in [0.15, 0.2) is 6.61 Å². The van der Waals surface area contributed by atoms with E-state index in [1.165, 1.54) is 0 Å². The first-order chi connectivity index (χ1) is 9.99. The maximum atomic E-state index is 11.7. The van der Waals surface area contributed by atoms with Crippen LogP contribution in [0.4, 0.5) is 0 Å². The van der Waals surface area contributed by atoms with Gasteiger partial charge >= 0.3 is 0 Å². The van der Waals surface area contributed by atoms with Crippen molar-refractivity contribution < 1.29 is 9.53 Å². The van der Waals surface area contributed by atoms with Gasteiger partial charge in [0.1, 0.15) is 5.75 Å². The summed E-state index contributed by atoms with van der Waals surface area (Å²) in [6.07, 6.45) is 3.54. The van der Waals surface area contributed by atoms with Crippen LogP contribution in [0.15, 0.2) is 12.1 Å². The highest BCUT2D eigenvalue weighted by atomic mass is 35.5. The van der Waals surface area contributed by atoms with E-state index in [1.54, 1.807) is 12.1 Å². The van der Waals surface area contributed by atoms with E-state index in [4.69, 9.17) is 33.7 Å². The highest BCUT2D eigenvalue weighted by Crippen LogP contribution is 2.33. The van der Waals surface area contributed by atoms with Crippen LogP contribution in [0.25, 0.3) is 0 Å². The molecule has 0 radical (unpaired) electrons. The van der Waals surface area contributed by atoms with Crippen molar-refractivity contribution in [1.29, 1.82) is 0 Å². The third kappa shape index (κ3) is 5.06. The molecule has 1 aromatic rings. The Balaban J connectivity index is 2.06. The summed E-state index contributed by atoms with van der Waals surface area (Å²) < 4.78 is 5.60. The van der Waals surface area contributed by atoms with Crippen LogP contribution in [0, 0.1) is 0 Å². The molecule has 0 aliphatic heterocycles. The molecule has 4 nitrogen and oxygen atoms in total. The second kappa shape index (κ2) is 7.34. The minimum Gasteiger partial charge on any atom is -0.482 e. The Labute approximate surface area is 134 Å². The van der Waals surface area contributed by atoms with Crippen molar-refractivity contribution in [3.63, 3.8) is 0 Å². The van der Waals surface area contributed by atoms with Crippen LogP contribution in [0.5, 0.6) is 5.75 Å². The number of halogens is 2. The molecule has 6 heteroatoms. The molecule has 0 bridgehead atoms. The molecule has 1 aliphatic rings. The SMILES string of the molecule is CCC(N)Cc1cc(Cl)cc(Cl)c1OCC(=O)NC1CC1. The predicted molar refractivity (Wildman–Crippen MR) is 85.1 cm³/mol. The minimum absolute atomic E-state index is 0.00201. The summed E-state index contributed by atoms with van der Waals surface area (Å²) >= 11 is 12.2. The third-order valence-corrected chi connectivity index (χ3v) is 3.88. The summed E-state index contributed by atoms with van der Waals surface area (Å²) in [4.78, 5) is 11.7. The summed E-state index contributed by atoms with van der Waals surface area (Å²) in [5.74, 6) is 0.366. The molecule has 1 unspecified atom stereocenters. The Bertz CT molecular complexity index is 519. The van der Waals surface area contributed by atoms with Crippen LogP contribution in [0.2, 0.25) is 10.0 Å².